The van der Waals surface area contributed by atoms with Gasteiger partial charge in [-0.3, -0.25) is 4.79 Å². The third-order valence-electron chi connectivity index (χ3n) is 4.21. The SMILES string of the molecule is CN(CC1CCCCC1)C(=O)C1CCS(=O)(=O)C1. The van der Waals surface area contributed by atoms with Gasteiger partial charge in [0.2, 0.25) is 5.91 Å². The Morgan fingerprint density at radius 2 is 1.83 bits per heavy atom. The lowest BCUT2D eigenvalue weighted by molar-refractivity contribution is -0.134. The Morgan fingerprint density at radius 1 is 1.17 bits per heavy atom. The van der Waals surface area contributed by atoms with E-state index in [0.29, 0.717) is 12.3 Å². The van der Waals surface area contributed by atoms with Crippen LogP contribution in [0.25, 0.3) is 0 Å². The molecular weight excluding hydrogens is 250 g/mol. The second-order valence-corrected chi connectivity index (χ2v) is 8.05. The monoisotopic (exact) mass is 273 g/mol. The smallest absolute Gasteiger partial charge is 0.226 e. The van der Waals surface area contributed by atoms with Gasteiger partial charge in [-0.05, 0) is 25.2 Å². The van der Waals surface area contributed by atoms with Crippen molar-refractivity contribution >= 4 is 15.7 Å². The highest BCUT2D eigenvalue weighted by Crippen LogP contribution is 2.26. The number of hydrogen-bond donors (Lipinski definition) is 0. The number of nitrogens with zero attached hydrogens (tertiary/aromatic N) is 1. The molecule has 1 amide bonds. The van der Waals surface area contributed by atoms with E-state index in [2.05, 4.69) is 0 Å². The van der Waals surface area contributed by atoms with Gasteiger partial charge in [0.25, 0.3) is 0 Å². The van der Waals surface area contributed by atoms with Crippen molar-refractivity contribution in [2.75, 3.05) is 25.1 Å². The van der Waals surface area contributed by atoms with Crippen LogP contribution >= 0.6 is 0 Å². The molecule has 0 aromatic heterocycles. The molecule has 1 saturated heterocycles. The topological polar surface area (TPSA) is 54.5 Å². The van der Waals surface area contributed by atoms with Crippen LogP contribution in [-0.2, 0) is 14.6 Å². The normalized spacial score (nSPS) is 28.2. The fourth-order valence-corrected chi connectivity index (χ4v) is 4.88. The number of carbonyl (C=O) groups excluding carboxylic acids is 1. The largest absolute Gasteiger partial charge is 0.345 e. The summed E-state index contributed by atoms with van der Waals surface area (Å²) in [6.07, 6.45) is 6.78. The van der Waals surface area contributed by atoms with Gasteiger partial charge in [0, 0.05) is 13.6 Å². The van der Waals surface area contributed by atoms with Crippen molar-refractivity contribution in [2.45, 2.75) is 38.5 Å². The molecule has 2 fully saturated rings. The van der Waals surface area contributed by atoms with E-state index in [1.807, 2.05) is 7.05 Å². The second-order valence-electron chi connectivity index (χ2n) is 5.82. The van der Waals surface area contributed by atoms with Crippen molar-refractivity contribution < 1.29 is 13.2 Å². The molecule has 2 aliphatic rings. The lowest BCUT2D eigenvalue weighted by atomic mass is 9.89. The highest BCUT2D eigenvalue weighted by Gasteiger charge is 2.34. The number of hydrogen-bond acceptors (Lipinski definition) is 3. The second kappa shape index (κ2) is 5.59. The van der Waals surface area contributed by atoms with Crippen LogP contribution in [0.1, 0.15) is 38.5 Å². The number of rotatable bonds is 3. The minimum atomic E-state index is -2.95. The van der Waals surface area contributed by atoms with Gasteiger partial charge in [-0.15, -0.1) is 0 Å². The molecule has 0 radical (unpaired) electrons. The minimum absolute atomic E-state index is 0.0293. The van der Waals surface area contributed by atoms with Crippen LogP contribution in [0.4, 0.5) is 0 Å². The molecule has 0 aromatic rings. The van der Waals surface area contributed by atoms with Crippen LogP contribution in [0.3, 0.4) is 0 Å². The van der Waals surface area contributed by atoms with E-state index in [1.165, 1.54) is 32.1 Å². The molecule has 104 valence electrons. The first-order valence-electron chi connectivity index (χ1n) is 6.93. The van der Waals surface area contributed by atoms with Gasteiger partial charge < -0.3 is 4.90 Å². The van der Waals surface area contributed by atoms with Crippen LogP contribution in [0, 0.1) is 11.8 Å². The quantitative estimate of drug-likeness (QED) is 0.782. The van der Waals surface area contributed by atoms with Crippen LogP contribution in [0.15, 0.2) is 0 Å². The Hall–Kier alpha value is -0.580. The summed E-state index contributed by atoms with van der Waals surface area (Å²) in [5.41, 5.74) is 0. The first-order valence-corrected chi connectivity index (χ1v) is 8.75. The highest BCUT2D eigenvalue weighted by molar-refractivity contribution is 7.91. The highest BCUT2D eigenvalue weighted by atomic mass is 32.2. The summed E-state index contributed by atoms with van der Waals surface area (Å²) in [5.74, 6) is 0.595. The molecule has 0 N–H and O–H groups in total. The first kappa shape index (κ1) is 13.8. The summed E-state index contributed by atoms with van der Waals surface area (Å²) >= 11 is 0. The van der Waals surface area contributed by atoms with Crippen molar-refractivity contribution in [1.82, 2.24) is 4.90 Å². The molecule has 4 nitrogen and oxygen atoms in total. The van der Waals surface area contributed by atoms with Crippen molar-refractivity contribution in [1.29, 1.82) is 0 Å². The molecule has 0 spiro atoms. The lowest BCUT2D eigenvalue weighted by Gasteiger charge is -2.28. The van der Waals surface area contributed by atoms with E-state index in [-0.39, 0.29) is 23.3 Å². The molecule has 1 saturated carbocycles. The van der Waals surface area contributed by atoms with Gasteiger partial charge in [0.1, 0.15) is 0 Å². The average Bonchev–Trinajstić information content (AvgIpc) is 2.70. The van der Waals surface area contributed by atoms with Gasteiger partial charge in [0.05, 0.1) is 17.4 Å². The summed E-state index contributed by atoms with van der Waals surface area (Å²) in [7, 11) is -1.13. The Morgan fingerprint density at radius 3 is 2.39 bits per heavy atom. The van der Waals surface area contributed by atoms with E-state index in [9.17, 15) is 13.2 Å². The fourth-order valence-electron chi connectivity index (χ4n) is 3.15. The van der Waals surface area contributed by atoms with Crippen molar-refractivity contribution in [2.24, 2.45) is 11.8 Å². The number of sulfone groups is 1. The molecule has 1 aliphatic carbocycles. The van der Waals surface area contributed by atoms with Crippen molar-refractivity contribution in [3.63, 3.8) is 0 Å². The van der Waals surface area contributed by atoms with Gasteiger partial charge in [-0.25, -0.2) is 8.42 Å². The van der Waals surface area contributed by atoms with Crippen LogP contribution in [0.2, 0.25) is 0 Å². The molecule has 1 unspecified atom stereocenters. The zero-order valence-corrected chi connectivity index (χ0v) is 11.9. The maximum Gasteiger partial charge on any atom is 0.226 e. The summed E-state index contributed by atoms with van der Waals surface area (Å²) in [5, 5.41) is 0. The van der Waals surface area contributed by atoms with Crippen LogP contribution in [-0.4, -0.2) is 44.3 Å². The molecule has 0 bridgehead atoms. The molecular formula is C13H23NO3S. The summed E-state index contributed by atoms with van der Waals surface area (Å²) < 4.78 is 22.8. The van der Waals surface area contributed by atoms with Crippen molar-refractivity contribution in [3.8, 4) is 0 Å². The fraction of sp³-hybridized carbons (Fsp3) is 0.923. The van der Waals surface area contributed by atoms with Gasteiger partial charge in [0.15, 0.2) is 9.84 Å². The molecule has 1 atom stereocenters. The minimum Gasteiger partial charge on any atom is -0.345 e. The van der Waals surface area contributed by atoms with E-state index in [4.69, 9.17) is 0 Å². The number of amides is 1. The Balaban J connectivity index is 1.85. The molecule has 2 rings (SSSR count). The number of carbonyl (C=O) groups is 1. The Kier molecular flexibility index (Phi) is 4.30. The van der Waals surface area contributed by atoms with Gasteiger partial charge in [-0.1, -0.05) is 19.3 Å². The standard InChI is InChI=1S/C13H23NO3S/c1-14(9-11-5-3-2-4-6-11)13(15)12-7-8-18(16,17)10-12/h11-12H,2-10H2,1H3. The van der Waals surface area contributed by atoms with E-state index < -0.39 is 9.84 Å². The zero-order chi connectivity index (χ0) is 13.2. The van der Waals surface area contributed by atoms with Gasteiger partial charge >= 0.3 is 0 Å². The molecule has 1 aliphatic heterocycles. The van der Waals surface area contributed by atoms with E-state index in [1.54, 1.807) is 4.90 Å². The van der Waals surface area contributed by atoms with E-state index in [0.717, 1.165) is 6.54 Å². The zero-order valence-electron chi connectivity index (χ0n) is 11.1. The van der Waals surface area contributed by atoms with E-state index >= 15 is 0 Å². The molecule has 5 heteroatoms. The molecule has 1 heterocycles. The van der Waals surface area contributed by atoms with Gasteiger partial charge in [-0.2, -0.15) is 0 Å². The van der Waals surface area contributed by atoms with Crippen molar-refractivity contribution in [3.05, 3.63) is 0 Å². The molecule has 0 aromatic carbocycles. The predicted molar refractivity (Wildman–Crippen MR) is 71.0 cm³/mol. The maximum absolute atomic E-state index is 12.2. The third kappa shape index (κ3) is 3.46. The predicted octanol–water partition coefficient (Wildman–Crippen LogP) is 1.46. The first-order chi connectivity index (χ1) is 8.48. The van der Waals surface area contributed by atoms with Crippen LogP contribution in [0.5, 0.6) is 0 Å². The third-order valence-corrected chi connectivity index (χ3v) is 5.98. The molecule has 18 heavy (non-hydrogen) atoms. The Labute approximate surface area is 110 Å². The summed E-state index contributed by atoms with van der Waals surface area (Å²) in [4.78, 5) is 13.9. The maximum atomic E-state index is 12.2. The summed E-state index contributed by atoms with van der Waals surface area (Å²) in [6.45, 7) is 0.801. The van der Waals surface area contributed by atoms with Crippen LogP contribution < -0.4 is 0 Å². The average molecular weight is 273 g/mol. The lowest BCUT2D eigenvalue weighted by Crippen LogP contribution is -2.37. The Bertz CT molecular complexity index is 398. The summed E-state index contributed by atoms with van der Waals surface area (Å²) in [6, 6.07) is 0.